The molecule has 0 saturated carbocycles. The van der Waals surface area contributed by atoms with Gasteiger partial charge in [-0.05, 0) is 35.9 Å². The second-order valence-corrected chi connectivity index (χ2v) is 5.23. The van der Waals surface area contributed by atoms with E-state index in [9.17, 15) is 19.7 Å². The number of carbonyl (C=O) groups excluding carboxylic acids is 2. The lowest BCUT2D eigenvalue weighted by molar-refractivity contribution is -0.384. The van der Waals surface area contributed by atoms with Crippen LogP contribution in [-0.2, 0) is 14.3 Å². The highest BCUT2D eigenvalue weighted by Gasteiger charge is 2.05. The highest BCUT2D eigenvalue weighted by Crippen LogP contribution is 2.15. The number of amides is 2. The molecule has 8 nitrogen and oxygen atoms in total. The smallest absolute Gasteiger partial charge is 0.270 e. The van der Waals surface area contributed by atoms with Crippen LogP contribution in [0.15, 0.2) is 54.6 Å². The van der Waals surface area contributed by atoms with Gasteiger partial charge in [-0.25, -0.2) is 0 Å². The molecule has 2 rings (SSSR count). The number of methoxy groups -OCH3 is 1. The molecular formula is C18H17N3O5. The number of nitrogens with zero attached hydrogens (tertiary/aromatic N) is 1. The van der Waals surface area contributed by atoms with Crippen LogP contribution < -0.4 is 10.6 Å². The first-order chi connectivity index (χ1) is 12.5. The molecule has 0 radical (unpaired) electrons. The van der Waals surface area contributed by atoms with E-state index >= 15 is 0 Å². The van der Waals surface area contributed by atoms with Crippen molar-refractivity contribution in [2.45, 2.75) is 0 Å². The predicted octanol–water partition coefficient (Wildman–Crippen LogP) is 2.83. The number of nitro groups is 1. The molecule has 0 aliphatic carbocycles. The third-order valence-corrected chi connectivity index (χ3v) is 3.22. The maximum atomic E-state index is 11.9. The highest BCUT2D eigenvalue weighted by atomic mass is 16.6. The number of benzene rings is 2. The number of carbonyl (C=O) groups is 2. The van der Waals surface area contributed by atoms with Crippen LogP contribution in [0, 0.1) is 10.1 Å². The minimum absolute atomic E-state index is 0.0407. The lowest BCUT2D eigenvalue weighted by atomic mass is 10.2. The number of nitro benzene ring substituents is 1. The molecule has 0 aliphatic rings. The van der Waals surface area contributed by atoms with E-state index in [-0.39, 0.29) is 24.1 Å². The fourth-order valence-corrected chi connectivity index (χ4v) is 2.06. The summed E-state index contributed by atoms with van der Waals surface area (Å²) in [5, 5.41) is 16.0. The van der Waals surface area contributed by atoms with E-state index in [1.165, 1.54) is 31.4 Å². The van der Waals surface area contributed by atoms with Crippen molar-refractivity contribution in [3.05, 3.63) is 70.3 Å². The average molecular weight is 355 g/mol. The molecule has 0 fully saturated rings. The molecule has 0 unspecified atom stereocenters. The summed E-state index contributed by atoms with van der Waals surface area (Å²) in [6.07, 6.45) is 2.77. The van der Waals surface area contributed by atoms with Gasteiger partial charge in [0.2, 0.25) is 11.8 Å². The molecule has 134 valence electrons. The van der Waals surface area contributed by atoms with Crippen molar-refractivity contribution in [3.8, 4) is 0 Å². The Morgan fingerprint density at radius 1 is 1.12 bits per heavy atom. The molecule has 2 N–H and O–H groups in total. The zero-order valence-corrected chi connectivity index (χ0v) is 14.0. The standard InChI is InChI=1S/C18H17N3O5/c1-26-12-18(23)20-15-8-6-14(7-9-15)19-17(22)10-5-13-3-2-4-16(11-13)21(24)25/h2-11H,12H2,1H3,(H,19,22)(H,20,23)/b10-5+. The number of anilines is 2. The van der Waals surface area contributed by atoms with Crippen molar-refractivity contribution >= 4 is 35.0 Å². The van der Waals surface area contributed by atoms with E-state index < -0.39 is 4.92 Å². The summed E-state index contributed by atoms with van der Waals surface area (Å²) >= 11 is 0. The van der Waals surface area contributed by atoms with Gasteiger partial charge in [-0.1, -0.05) is 12.1 Å². The molecule has 0 aromatic heterocycles. The molecule has 0 aliphatic heterocycles. The van der Waals surface area contributed by atoms with E-state index in [1.54, 1.807) is 36.4 Å². The summed E-state index contributed by atoms with van der Waals surface area (Å²) < 4.78 is 4.72. The van der Waals surface area contributed by atoms with Crippen LogP contribution in [0.3, 0.4) is 0 Å². The van der Waals surface area contributed by atoms with Crippen LogP contribution in [0.1, 0.15) is 5.56 Å². The Bertz CT molecular complexity index is 831. The molecule has 0 atom stereocenters. The Morgan fingerprint density at radius 3 is 2.38 bits per heavy atom. The molecule has 0 saturated heterocycles. The molecule has 2 aromatic rings. The van der Waals surface area contributed by atoms with Gasteiger partial charge in [0.1, 0.15) is 6.61 Å². The van der Waals surface area contributed by atoms with Crippen LogP contribution in [0.25, 0.3) is 6.08 Å². The van der Waals surface area contributed by atoms with E-state index in [2.05, 4.69) is 10.6 Å². The van der Waals surface area contributed by atoms with Crippen LogP contribution in [0.4, 0.5) is 17.1 Å². The Labute approximate surface area is 149 Å². The first-order valence-electron chi connectivity index (χ1n) is 7.60. The molecule has 26 heavy (non-hydrogen) atoms. The average Bonchev–Trinajstić information content (AvgIpc) is 2.62. The van der Waals surface area contributed by atoms with Crippen molar-refractivity contribution in [3.63, 3.8) is 0 Å². The number of hydrogen-bond acceptors (Lipinski definition) is 5. The van der Waals surface area contributed by atoms with Gasteiger partial charge in [0.25, 0.3) is 5.69 Å². The van der Waals surface area contributed by atoms with Gasteiger partial charge < -0.3 is 15.4 Å². The summed E-state index contributed by atoms with van der Waals surface area (Å²) in [5.74, 6) is -0.656. The second kappa shape index (κ2) is 9.09. The Morgan fingerprint density at radius 2 is 1.77 bits per heavy atom. The third-order valence-electron chi connectivity index (χ3n) is 3.22. The summed E-state index contributed by atoms with van der Waals surface area (Å²) in [6, 6.07) is 12.5. The number of rotatable bonds is 7. The quantitative estimate of drug-likeness (QED) is 0.451. The van der Waals surface area contributed by atoms with Gasteiger partial charge in [0, 0.05) is 36.7 Å². The zero-order chi connectivity index (χ0) is 18.9. The molecule has 0 spiro atoms. The van der Waals surface area contributed by atoms with Gasteiger partial charge in [-0.3, -0.25) is 19.7 Å². The van der Waals surface area contributed by atoms with Crippen LogP contribution in [0.2, 0.25) is 0 Å². The topological polar surface area (TPSA) is 111 Å². The summed E-state index contributed by atoms with van der Waals surface area (Å²) in [5.41, 5.74) is 1.63. The third kappa shape index (κ3) is 5.84. The molecule has 2 aromatic carbocycles. The fraction of sp³-hybridized carbons (Fsp3) is 0.111. The zero-order valence-electron chi connectivity index (χ0n) is 14.0. The molecule has 2 amide bonds. The summed E-state index contributed by atoms with van der Waals surface area (Å²) in [7, 11) is 1.43. The minimum Gasteiger partial charge on any atom is -0.375 e. The van der Waals surface area contributed by atoms with E-state index in [1.807, 2.05) is 0 Å². The number of nitrogens with one attached hydrogen (secondary N) is 2. The Kier molecular flexibility index (Phi) is 6.58. The predicted molar refractivity (Wildman–Crippen MR) is 97.7 cm³/mol. The monoisotopic (exact) mass is 355 g/mol. The highest BCUT2D eigenvalue weighted by molar-refractivity contribution is 6.02. The van der Waals surface area contributed by atoms with Crippen molar-refractivity contribution in [1.29, 1.82) is 0 Å². The van der Waals surface area contributed by atoms with Gasteiger partial charge in [-0.2, -0.15) is 0 Å². The lowest BCUT2D eigenvalue weighted by Gasteiger charge is -2.06. The van der Waals surface area contributed by atoms with Crippen molar-refractivity contribution in [2.24, 2.45) is 0 Å². The normalized spacial score (nSPS) is 10.5. The van der Waals surface area contributed by atoms with E-state index in [4.69, 9.17) is 4.74 Å². The maximum Gasteiger partial charge on any atom is 0.270 e. The van der Waals surface area contributed by atoms with E-state index in [0.717, 1.165) is 0 Å². The maximum absolute atomic E-state index is 11.9. The van der Waals surface area contributed by atoms with Gasteiger partial charge in [-0.15, -0.1) is 0 Å². The van der Waals surface area contributed by atoms with Crippen molar-refractivity contribution in [2.75, 3.05) is 24.4 Å². The molecule has 0 bridgehead atoms. The van der Waals surface area contributed by atoms with Gasteiger partial charge in [0.05, 0.1) is 4.92 Å². The van der Waals surface area contributed by atoms with Crippen LogP contribution >= 0.6 is 0 Å². The fourth-order valence-electron chi connectivity index (χ4n) is 2.06. The first kappa shape index (κ1) is 18.8. The number of non-ortho nitro benzene ring substituents is 1. The largest absolute Gasteiger partial charge is 0.375 e. The van der Waals surface area contributed by atoms with Crippen molar-refractivity contribution < 1.29 is 19.2 Å². The Hall–Kier alpha value is -3.52. The SMILES string of the molecule is COCC(=O)Nc1ccc(NC(=O)/C=C/c2cccc([N+](=O)[O-])c2)cc1. The van der Waals surface area contributed by atoms with E-state index in [0.29, 0.717) is 16.9 Å². The van der Waals surface area contributed by atoms with Crippen LogP contribution in [0.5, 0.6) is 0 Å². The molecule has 8 heteroatoms. The minimum atomic E-state index is -0.496. The van der Waals surface area contributed by atoms with Crippen molar-refractivity contribution in [1.82, 2.24) is 0 Å². The number of hydrogen-bond donors (Lipinski definition) is 2. The first-order valence-corrected chi connectivity index (χ1v) is 7.60. The second-order valence-electron chi connectivity index (χ2n) is 5.23. The van der Waals surface area contributed by atoms with Crippen LogP contribution in [-0.4, -0.2) is 30.5 Å². The Balaban J connectivity index is 1.94. The molecular weight excluding hydrogens is 338 g/mol. The summed E-state index contributed by atoms with van der Waals surface area (Å²) in [4.78, 5) is 33.6. The summed E-state index contributed by atoms with van der Waals surface area (Å²) in [6.45, 7) is -0.0407. The van der Waals surface area contributed by atoms with Gasteiger partial charge in [0.15, 0.2) is 0 Å². The number of ether oxygens (including phenoxy) is 1. The van der Waals surface area contributed by atoms with Gasteiger partial charge >= 0.3 is 0 Å². The molecule has 0 heterocycles. The lowest BCUT2D eigenvalue weighted by Crippen LogP contribution is -2.17.